The van der Waals surface area contributed by atoms with E-state index in [1.54, 1.807) is 20.4 Å². The second kappa shape index (κ2) is 6.61. The van der Waals surface area contributed by atoms with Crippen molar-refractivity contribution in [3.63, 3.8) is 0 Å². The summed E-state index contributed by atoms with van der Waals surface area (Å²) >= 11 is 0. The van der Waals surface area contributed by atoms with E-state index in [0.29, 0.717) is 0 Å². The quantitative estimate of drug-likeness (QED) is 0.787. The molecule has 0 amide bonds. The molecular formula is C12H23N3O2. The Bertz CT molecular complexity index is 317. The highest BCUT2D eigenvalue weighted by Crippen LogP contribution is 2.28. The molecule has 1 rings (SSSR count). The van der Waals surface area contributed by atoms with Crippen LogP contribution >= 0.6 is 0 Å². The Morgan fingerprint density at radius 3 is 2.65 bits per heavy atom. The molecule has 0 spiro atoms. The molecular weight excluding hydrogens is 218 g/mol. The number of nitrogens with one attached hydrogen (secondary N) is 1. The summed E-state index contributed by atoms with van der Waals surface area (Å²) in [5, 5.41) is 7.62. The summed E-state index contributed by atoms with van der Waals surface area (Å²) in [5.41, 5.74) is 1.08. The monoisotopic (exact) mass is 241 g/mol. The molecule has 0 saturated heterocycles. The Morgan fingerprint density at radius 2 is 2.18 bits per heavy atom. The third-order valence-corrected chi connectivity index (χ3v) is 3.01. The average Bonchev–Trinajstić information content (AvgIpc) is 2.78. The minimum atomic E-state index is 0.183. The number of hydrogen-bond acceptors (Lipinski definition) is 4. The molecule has 1 aromatic heterocycles. The van der Waals surface area contributed by atoms with E-state index in [2.05, 4.69) is 24.3 Å². The van der Waals surface area contributed by atoms with E-state index in [1.165, 1.54) is 0 Å². The summed E-state index contributed by atoms with van der Waals surface area (Å²) in [6, 6.07) is 0.183. The first-order valence-electron chi connectivity index (χ1n) is 5.97. The summed E-state index contributed by atoms with van der Waals surface area (Å²) in [6.07, 6.45) is 2.84. The largest absolute Gasteiger partial charge is 0.493 e. The molecule has 98 valence electrons. The van der Waals surface area contributed by atoms with Crippen LogP contribution in [0.2, 0.25) is 0 Å². The van der Waals surface area contributed by atoms with E-state index in [1.807, 2.05) is 11.7 Å². The van der Waals surface area contributed by atoms with Gasteiger partial charge in [-0.15, -0.1) is 0 Å². The molecule has 0 aliphatic heterocycles. The zero-order chi connectivity index (χ0) is 12.8. The van der Waals surface area contributed by atoms with Gasteiger partial charge in [-0.05, 0) is 27.3 Å². The van der Waals surface area contributed by atoms with Gasteiger partial charge in [0.2, 0.25) is 0 Å². The molecule has 1 N–H and O–H groups in total. The lowest BCUT2D eigenvalue weighted by Gasteiger charge is -2.21. The Kier molecular flexibility index (Phi) is 5.44. The van der Waals surface area contributed by atoms with Crippen molar-refractivity contribution in [3.05, 3.63) is 11.9 Å². The van der Waals surface area contributed by atoms with Crippen LogP contribution in [0.15, 0.2) is 6.20 Å². The summed E-state index contributed by atoms with van der Waals surface area (Å²) in [4.78, 5) is 0. The highest BCUT2D eigenvalue weighted by atomic mass is 16.5. The Hall–Kier alpha value is -1.07. The van der Waals surface area contributed by atoms with Crippen molar-refractivity contribution < 1.29 is 9.47 Å². The van der Waals surface area contributed by atoms with Crippen LogP contribution in [0.3, 0.4) is 0 Å². The van der Waals surface area contributed by atoms with Crippen molar-refractivity contribution in [2.24, 2.45) is 0 Å². The minimum absolute atomic E-state index is 0.183. The summed E-state index contributed by atoms with van der Waals surface area (Å²) < 4.78 is 12.6. The fraction of sp³-hybridized carbons (Fsp3) is 0.750. The third-order valence-electron chi connectivity index (χ3n) is 3.01. The fourth-order valence-electron chi connectivity index (χ4n) is 1.93. The van der Waals surface area contributed by atoms with Crippen molar-refractivity contribution in [3.8, 4) is 5.75 Å². The van der Waals surface area contributed by atoms with Gasteiger partial charge in [0, 0.05) is 13.7 Å². The predicted molar refractivity (Wildman–Crippen MR) is 67.3 cm³/mol. The van der Waals surface area contributed by atoms with Gasteiger partial charge in [-0.1, -0.05) is 0 Å². The molecule has 5 heteroatoms. The van der Waals surface area contributed by atoms with Crippen molar-refractivity contribution in [2.45, 2.75) is 39.0 Å². The zero-order valence-corrected chi connectivity index (χ0v) is 11.4. The molecule has 1 heterocycles. The standard InChI is InChI=1S/C12H23N3O2/c1-6-15-12(11(17-5)8-14-15)10(13-3)7-9(2)16-4/h8-10,13H,6-7H2,1-5H3. The molecule has 0 radical (unpaired) electrons. The molecule has 0 bridgehead atoms. The molecule has 1 aromatic rings. The highest BCUT2D eigenvalue weighted by Gasteiger charge is 2.22. The molecule has 0 saturated carbocycles. The smallest absolute Gasteiger partial charge is 0.161 e. The average molecular weight is 241 g/mol. The number of aryl methyl sites for hydroxylation is 1. The van der Waals surface area contributed by atoms with Crippen LogP contribution in [0.1, 0.15) is 32.0 Å². The summed E-state index contributed by atoms with van der Waals surface area (Å²) in [6.45, 7) is 4.96. The topological polar surface area (TPSA) is 48.3 Å². The number of rotatable bonds is 7. The summed E-state index contributed by atoms with van der Waals surface area (Å²) in [7, 11) is 5.35. The lowest BCUT2D eigenvalue weighted by Crippen LogP contribution is -2.25. The first kappa shape index (κ1) is 14.0. The molecule has 17 heavy (non-hydrogen) atoms. The minimum Gasteiger partial charge on any atom is -0.493 e. The number of methoxy groups -OCH3 is 2. The van der Waals surface area contributed by atoms with Gasteiger partial charge in [0.1, 0.15) is 0 Å². The number of hydrogen-bond donors (Lipinski definition) is 1. The third kappa shape index (κ3) is 3.20. The van der Waals surface area contributed by atoms with E-state index in [0.717, 1.165) is 24.4 Å². The van der Waals surface area contributed by atoms with E-state index in [9.17, 15) is 0 Å². The van der Waals surface area contributed by atoms with Gasteiger partial charge in [0.25, 0.3) is 0 Å². The van der Waals surface area contributed by atoms with E-state index in [-0.39, 0.29) is 12.1 Å². The van der Waals surface area contributed by atoms with Gasteiger partial charge in [-0.3, -0.25) is 4.68 Å². The first-order chi connectivity index (χ1) is 8.17. The van der Waals surface area contributed by atoms with Gasteiger partial charge in [0.15, 0.2) is 5.75 Å². The second-order valence-corrected chi connectivity index (χ2v) is 4.04. The van der Waals surface area contributed by atoms with Gasteiger partial charge in [-0.2, -0.15) is 5.10 Å². The maximum Gasteiger partial charge on any atom is 0.161 e. The maximum absolute atomic E-state index is 5.36. The first-order valence-corrected chi connectivity index (χ1v) is 5.97. The molecule has 0 aliphatic carbocycles. The van der Waals surface area contributed by atoms with Crippen LogP contribution in [-0.2, 0) is 11.3 Å². The molecule has 2 unspecified atom stereocenters. The van der Waals surface area contributed by atoms with Crippen LogP contribution in [0.4, 0.5) is 0 Å². The maximum atomic E-state index is 5.36. The number of aromatic nitrogens is 2. The van der Waals surface area contributed by atoms with E-state index in [4.69, 9.17) is 9.47 Å². The van der Waals surface area contributed by atoms with Gasteiger partial charge in [-0.25, -0.2) is 0 Å². The fourth-order valence-corrected chi connectivity index (χ4v) is 1.93. The second-order valence-electron chi connectivity index (χ2n) is 4.04. The van der Waals surface area contributed by atoms with Gasteiger partial charge >= 0.3 is 0 Å². The van der Waals surface area contributed by atoms with Crippen LogP contribution < -0.4 is 10.1 Å². The predicted octanol–water partition coefficient (Wildman–Crippen LogP) is 1.60. The van der Waals surface area contributed by atoms with Gasteiger partial charge in [0.05, 0.1) is 31.1 Å². The Balaban J connectivity index is 2.96. The molecule has 5 nitrogen and oxygen atoms in total. The normalized spacial score (nSPS) is 14.6. The summed E-state index contributed by atoms with van der Waals surface area (Å²) in [5.74, 6) is 0.828. The van der Waals surface area contributed by atoms with Crippen molar-refractivity contribution >= 4 is 0 Å². The Labute approximate surface area is 103 Å². The van der Waals surface area contributed by atoms with Crippen LogP contribution in [0.25, 0.3) is 0 Å². The Morgan fingerprint density at radius 1 is 1.47 bits per heavy atom. The highest BCUT2D eigenvalue weighted by molar-refractivity contribution is 5.28. The van der Waals surface area contributed by atoms with Crippen molar-refractivity contribution in [2.75, 3.05) is 21.3 Å². The SMILES string of the molecule is CCn1ncc(OC)c1C(CC(C)OC)NC. The zero-order valence-electron chi connectivity index (χ0n) is 11.4. The molecule has 0 aliphatic rings. The molecule has 0 fully saturated rings. The van der Waals surface area contributed by atoms with Crippen molar-refractivity contribution in [1.29, 1.82) is 0 Å². The lowest BCUT2D eigenvalue weighted by molar-refractivity contribution is 0.0999. The lowest BCUT2D eigenvalue weighted by atomic mass is 10.1. The molecule has 2 atom stereocenters. The van der Waals surface area contributed by atoms with Crippen LogP contribution in [0, 0.1) is 0 Å². The van der Waals surface area contributed by atoms with Crippen LogP contribution in [0.5, 0.6) is 5.75 Å². The number of nitrogens with zero attached hydrogens (tertiary/aromatic N) is 2. The van der Waals surface area contributed by atoms with Crippen LogP contribution in [-0.4, -0.2) is 37.2 Å². The van der Waals surface area contributed by atoms with E-state index >= 15 is 0 Å². The van der Waals surface area contributed by atoms with Crippen molar-refractivity contribution in [1.82, 2.24) is 15.1 Å². The van der Waals surface area contributed by atoms with Gasteiger partial charge < -0.3 is 14.8 Å². The van der Waals surface area contributed by atoms with E-state index < -0.39 is 0 Å². The number of ether oxygens (including phenoxy) is 2. The molecule has 0 aromatic carbocycles.